The van der Waals surface area contributed by atoms with Crippen molar-refractivity contribution in [3.63, 3.8) is 0 Å². The van der Waals surface area contributed by atoms with E-state index in [1.54, 1.807) is 0 Å². The van der Waals surface area contributed by atoms with Gasteiger partial charge in [-0.1, -0.05) is 94.5 Å². The first-order valence-corrected chi connectivity index (χ1v) is 13.1. The van der Waals surface area contributed by atoms with E-state index in [0.717, 1.165) is 11.9 Å². The van der Waals surface area contributed by atoms with E-state index in [-0.39, 0.29) is 0 Å². The van der Waals surface area contributed by atoms with Gasteiger partial charge in [0.15, 0.2) is 8.32 Å². The zero-order valence-corrected chi connectivity index (χ0v) is 17.9. The highest BCUT2D eigenvalue weighted by Crippen LogP contribution is 2.39. The van der Waals surface area contributed by atoms with Crippen LogP contribution in [0.2, 0.25) is 18.1 Å². The summed E-state index contributed by atoms with van der Waals surface area (Å²) in [6.45, 7) is 12.6. The Balaban J connectivity index is 3.44. The van der Waals surface area contributed by atoms with Gasteiger partial charge in [0.25, 0.3) is 0 Å². The summed E-state index contributed by atoms with van der Waals surface area (Å²) in [5.74, 6) is 0. The summed E-state index contributed by atoms with van der Waals surface area (Å²) >= 11 is 3.63. The molecule has 0 aliphatic rings. The van der Waals surface area contributed by atoms with Crippen LogP contribution in [-0.2, 0) is 4.43 Å². The van der Waals surface area contributed by atoms with Crippen LogP contribution in [0.3, 0.4) is 0 Å². The number of hydrogen-bond donors (Lipinski definition) is 0. The van der Waals surface area contributed by atoms with Crippen molar-refractivity contribution in [2.24, 2.45) is 0 Å². The third-order valence-electron chi connectivity index (χ3n) is 4.92. The second-order valence-electron chi connectivity index (χ2n) is 7.56. The molecule has 128 valence electrons. The highest BCUT2D eigenvalue weighted by Gasteiger charge is 2.39. The number of unbranched alkanes of at least 4 members (excludes halogenated alkanes) is 9. The molecule has 21 heavy (non-hydrogen) atoms. The minimum Gasteiger partial charge on any atom is -0.417 e. The predicted molar refractivity (Wildman–Crippen MR) is 103 cm³/mol. The summed E-state index contributed by atoms with van der Waals surface area (Å²) in [6.07, 6.45) is 13.9. The van der Waals surface area contributed by atoms with Gasteiger partial charge in [-0.2, -0.15) is 0 Å². The summed E-state index contributed by atoms with van der Waals surface area (Å²) in [5.41, 5.74) is 0. The Hall–Kier alpha value is 0.657. The SMILES string of the molecule is CCCCCCCCCCCCO[Si](C)(C)C(C)(C)CBr. The second-order valence-corrected chi connectivity index (χ2v) is 12.8. The molecule has 3 heteroatoms. The third-order valence-corrected chi connectivity index (χ3v) is 11.2. The maximum absolute atomic E-state index is 6.27. The number of alkyl halides is 1. The Morgan fingerprint density at radius 1 is 0.810 bits per heavy atom. The second kappa shape index (κ2) is 12.1. The van der Waals surface area contributed by atoms with Gasteiger partial charge in [0.2, 0.25) is 0 Å². The fourth-order valence-electron chi connectivity index (χ4n) is 2.27. The minimum absolute atomic E-state index is 0.311. The summed E-state index contributed by atoms with van der Waals surface area (Å²) in [5, 5.41) is 1.35. The Labute approximate surface area is 143 Å². The summed E-state index contributed by atoms with van der Waals surface area (Å²) < 4.78 is 6.27. The van der Waals surface area contributed by atoms with Crippen molar-refractivity contribution >= 4 is 24.2 Å². The Morgan fingerprint density at radius 2 is 1.24 bits per heavy atom. The van der Waals surface area contributed by atoms with Crippen LogP contribution in [0.5, 0.6) is 0 Å². The maximum atomic E-state index is 6.27. The first-order valence-electron chi connectivity index (χ1n) is 9.07. The lowest BCUT2D eigenvalue weighted by molar-refractivity contribution is 0.278. The van der Waals surface area contributed by atoms with E-state index in [9.17, 15) is 0 Å². The lowest BCUT2D eigenvalue weighted by Gasteiger charge is -2.38. The summed E-state index contributed by atoms with van der Waals surface area (Å²) in [7, 11) is -1.57. The van der Waals surface area contributed by atoms with Crippen LogP contribution >= 0.6 is 15.9 Å². The number of hydrogen-bond acceptors (Lipinski definition) is 1. The average molecular weight is 379 g/mol. The van der Waals surface area contributed by atoms with Crippen molar-refractivity contribution in [1.29, 1.82) is 0 Å². The normalized spacial score (nSPS) is 12.9. The topological polar surface area (TPSA) is 9.23 Å². The average Bonchev–Trinajstić information content (AvgIpc) is 2.44. The lowest BCUT2D eigenvalue weighted by atomic mass is 10.1. The first kappa shape index (κ1) is 21.7. The number of rotatable bonds is 14. The molecule has 1 nitrogen and oxygen atoms in total. The molecule has 0 fully saturated rings. The van der Waals surface area contributed by atoms with Crippen LogP contribution in [0.25, 0.3) is 0 Å². The molecule has 0 saturated heterocycles. The van der Waals surface area contributed by atoms with E-state index in [1.165, 1.54) is 64.2 Å². The van der Waals surface area contributed by atoms with Gasteiger partial charge in [0, 0.05) is 11.9 Å². The zero-order valence-electron chi connectivity index (χ0n) is 15.3. The van der Waals surface area contributed by atoms with Crippen molar-refractivity contribution < 1.29 is 4.43 Å². The third kappa shape index (κ3) is 10.1. The quantitative estimate of drug-likeness (QED) is 0.175. The van der Waals surface area contributed by atoms with Crippen LogP contribution in [0.1, 0.15) is 85.0 Å². The van der Waals surface area contributed by atoms with E-state index in [1.807, 2.05) is 0 Å². The monoisotopic (exact) mass is 378 g/mol. The van der Waals surface area contributed by atoms with E-state index < -0.39 is 8.32 Å². The van der Waals surface area contributed by atoms with Crippen molar-refractivity contribution in [3.8, 4) is 0 Å². The Bertz CT molecular complexity index is 241. The molecule has 0 heterocycles. The van der Waals surface area contributed by atoms with Crippen LogP contribution in [0.15, 0.2) is 0 Å². The number of halogens is 1. The van der Waals surface area contributed by atoms with Crippen molar-refractivity contribution in [2.75, 3.05) is 11.9 Å². The Morgan fingerprint density at radius 3 is 1.67 bits per heavy atom. The van der Waals surface area contributed by atoms with Crippen molar-refractivity contribution in [3.05, 3.63) is 0 Å². The summed E-state index contributed by atoms with van der Waals surface area (Å²) in [4.78, 5) is 0. The molecular formula is C18H39BrOSi. The molecule has 0 spiro atoms. The smallest absolute Gasteiger partial charge is 0.193 e. The van der Waals surface area contributed by atoms with Gasteiger partial charge < -0.3 is 4.43 Å². The van der Waals surface area contributed by atoms with Crippen LogP contribution in [0.4, 0.5) is 0 Å². The molecule has 0 aromatic heterocycles. The van der Waals surface area contributed by atoms with Crippen LogP contribution in [-0.4, -0.2) is 20.3 Å². The van der Waals surface area contributed by atoms with Gasteiger partial charge in [0.05, 0.1) is 0 Å². The molecule has 0 aliphatic carbocycles. The van der Waals surface area contributed by atoms with E-state index >= 15 is 0 Å². The first-order chi connectivity index (χ1) is 9.87. The summed E-state index contributed by atoms with van der Waals surface area (Å²) in [6, 6.07) is 0. The fourth-order valence-corrected chi connectivity index (χ4v) is 5.67. The van der Waals surface area contributed by atoms with Crippen molar-refractivity contribution in [1.82, 2.24) is 0 Å². The van der Waals surface area contributed by atoms with Gasteiger partial charge in [-0.05, 0) is 24.6 Å². The molecule has 0 aliphatic heterocycles. The highest BCUT2D eigenvalue weighted by molar-refractivity contribution is 9.09. The molecule has 0 rings (SSSR count). The highest BCUT2D eigenvalue weighted by atomic mass is 79.9. The lowest BCUT2D eigenvalue weighted by Crippen LogP contribution is -2.43. The Kier molecular flexibility index (Phi) is 12.5. The molecule has 0 amide bonds. The van der Waals surface area contributed by atoms with Crippen LogP contribution in [0, 0.1) is 0 Å². The largest absolute Gasteiger partial charge is 0.417 e. The molecule has 0 radical (unpaired) electrons. The van der Waals surface area contributed by atoms with Gasteiger partial charge in [-0.15, -0.1) is 0 Å². The van der Waals surface area contributed by atoms with E-state index in [0.29, 0.717) is 5.04 Å². The fraction of sp³-hybridized carbons (Fsp3) is 1.00. The van der Waals surface area contributed by atoms with E-state index in [4.69, 9.17) is 4.43 Å². The minimum atomic E-state index is -1.57. The van der Waals surface area contributed by atoms with Gasteiger partial charge in [0.1, 0.15) is 0 Å². The standard InChI is InChI=1S/C18H39BrOSi/c1-6-7-8-9-10-11-12-13-14-15-16-20-21(4,5)18(2,3)17-19/h6-17H2,1-5H3. The van der Waals surface area contributed by atoms with Gasteiger partial charge >= 0.3 is 0 Å². The predicted octanol–water partition coefficient (Wildman–Crippen LogP) is 7.30. The van der Waals surface area contributed by atoms with E-state index in [2.05, 4.69) is 49.8 Å². The maximum Gasteiger partial charge on any atom is 0.193 e. The molecule has 0 aromatic carbocycles. The molecule has 0 N–H and O–H groups in total. The van der Waals surface area contributed by atoms with Crippen LogP contribution < -0.4 is 0 Å². The van der Waals surface area contributed by atoms with Gasteiger partial charge in [-0.25, -0.2) is 0 Å². The molecule has 0 saturated carbocycles. The van der Waals surface area contributed by atoms with Crippen molar-refractivity contribution in [2.45, 2.75) is 103 Å². The molecule has 0 bridgehead atoms. The molecule has 0 atom stereocenters. The molecule has 0 aromatic rings. The van der Waals surface area contributed by atoms with Gasteiger partial charge in [-0.3, -0.25) is 0 Å². The molecular weight excluding hydrogens is 340 g/mol. The zero-order chi connectivity index (χ0) is 16.2. The molecule has 0 unspecified atom stereocenters.